The van der Waals surface area contributed by atoms with Crippen LogP contribution in [-0.2, 0) is 6.54 Å². The fourth-order valence-electron chi connectivity index (χ4n) is 2.06. The molecular weight excluding hydrogens is 327 g/mol. The van der Waals surface area contributed by atoms with E-state index >= 15 is 0 Å². The molecule has 6 heteroatoms. The van der Waals surface area contributed by atoms with Crippen molar-refractivity contribution in [3.05, 3.63) is 50.1 Å². The van der Waals surface area contributed by atoms with E-state index in [-0.39, 0.29) is 5.91 Å². The summed E-state index contributed by atoms with van der Waals surface area (Å²) in [6, 6.07) is 9.16. The van der Waals surface area contributed by atoms with E-state index < -0.39 is 0 Å². The molecular formula is C15H16Cl2N2OS. The second-order valence-electron chi connectivity index (χ2n) is 4.66. The Bertz CT molecular complexity index is 642. The summed E-state index contributed by atoms with van der Waals surface area (Å²) in [5.41, 5.74) is 8.02. The Morgan fingerprint density at radius 3 is 2.62 bits per heavy atom. The minimum absolute atomic E-state index is 0.117. The molecule has 3 nitrogen and oxygen atoms in total. The maximum Gasteiger partial charge on any atom is 0.256 e. The van der Waals surface area contributed by atoms with Gasteiger partial charge in [0, 0.05) is 18.8 Å². The van der Waals surface area contributed by atoms with E-state index in [0.717, 1.165) is 12.0 Å². The molecule has 112 valence electrons. The molecule has 1 aromatic heterocycles. The fraction of sp³-hybridized carbons (Fsp3) is 0.267. The third-order valence-electron chi connectivity index (χ3n) is 3.08. The number of nitrogens with zero attached hydrogens (tertiary/aromatic N) is 1. The van der Waals surface area contributed by atoms with Gasteiger partial charge in [-0.3, -0.25) is 4.79 Å². The van der Waals surface area contributed by atoms with Crippen LogP contribution in [0.4, 0.5) is 5.69 Å². The minimum atomic E-state index is -0.117. The first-order chi connectivity index (χ1) is 10.0. The molecule has 0 radical (unpaired) electrons. The van der Waals surface area contributed by atoms with Crippen molar-refractivity contribution in [2.75, 3.05) is 12.3 Å². The first kappa shape index (κ1) is 16.1. The maximum absolute atomic E-state index is 12.6. The van der Waals surface area contributed by atoms with Crippen LogP contribution in [0.25, 0.3) is 0 Å². The summed E-state index contributed by atoms with van der Waals surface area (Å²) in [6.07, 6.45) is 0.855. The predicted octanol–water partition coefficient (Wildman–Crippen LogP) is 4.69. The highest BCUT2D eigenvalue weighted by Crippen LogP contribution is 2.32. The molecule has 2 N–H and O–H groups in total. The number of anilines is 1. The molecule has 0 aliphatic rings. The van der Waals surface area contributed by atoms with Crippen molar-refractivity contribution in [3.63, 3.8) is 0 Å². The van der Waals surface area contributed by atoms with Crippen LogP contribution >= 0.6 is 34.5 Å². The van der Waals surface area contributed by atoms with Crippen molar-refractivity contribution in [1.82, 2.24) is 4.90 Å². The number of hydrogen-bond donors (Lipinski definition) is 1. The zero-order chi connectivity index (χ0) is 15.4. The van der Waals surface area contributed by atoms with Crippen LogP contribution < -0.4 is 5.73 Å². The van der Waals surface area contributed by atoms with Crippen molar-refractivity contribution in [3.8, 4) is 0 Å². The van der Waals surface area contributed by atoms with Gasteiger partial charge in [-0.1, -0.05) is 48.3 Å². The van der Waals surface area contributed by atoms with Gasteiger partial charge in [-0.2, -0.15) is 0 Å². The number of nitrogen functional groups attached to an aromatic ring is 1. The van der Waals surface area contributed by atoms with Gasteiger partial charge in [-0.15, -0.1) is 11.3 Å². The van der Waals surface area contributed by atoms with Gasteiger partial charge in [-0.05, 0) is 24.1 Å². The van der Waals surface area contributed by atoms with Crippen LogP contribution in [0.3, 0.4) is 0 Å². The number of carbonyl (C=O) groups excluding carboxylic acids is 1. The lowest BCUT2D eigenvalue weighted by atomic mass is 10.1. The molecule has 1 heterocycles. The predicted molar refractivity (Wildman–Crippen MR) is 90.2 cm³/mol. The largest absolute Gasteiger partial charge is 0.398 e. The lowest BCUT2D eigenvalue weighted by Gasteiger charge is -2.22. The molecule has 0 saturated carbocycles. The smallest absolute Gasteiger partial charge is 0.256 e. The van der Waals surface area contributed by atoms with Crippen molar-refractivity contribution in [2.24, 2.45) is 0 Å². The Morgan fingerprint density at radius 1 is 1.33 bits per heavy atom. The third-order valence-corrected chi connectivity index (χ3v) is 4.57. The van der Waals surface area contributed by atoms with Crippen LogP contribution in [0, 0.1) is 0 Å². The van der Waals surface area contributed by atoms with Gasteiger partial charge in [0.15, 0.2) is 0 Å². The standard InChI is InChI=1S/C15H16Cl2N2OS/c1-2-7-19(9-10-5-3-4-6-12(10)18)15(20)11-8-13(16)21-14(11)17/h3-6,8H,2,7,9,18H2,1H3. The molecule has 2 aromatic rings. The summed E-state index contributed by atoms with van der Waals surface area (Å²) < 4.78 is 0.936. The van der Waals surface area contributed by atoms with E-state index in [4.69, 9.17) is 28.9 Å². The van der Waals surface area contributed by atoms with Crippen molar-refractivity contribution in [2.45, 2.75) is 19.9 Å². The average Bonchev–Trinajstić information content (AvgIpc) is 2.79. The first-order valence-electron chi connectivity index (χ1n) is 6.60. The number of benzene rings is 1. The Balaban J connectivity index is 2.24. The SMILES string of the molecule is CCCN(Cc1ccccc1N)C(=O)c1cc(Cl)sc1Cl. The van der Waals surface area contributed by atoms with Crippen molar-refractivity contribution >= 4 is 46.1 Å². The molecule has 0 fully saturated rings. The summed E-state index contributed by atoms with van der Waals surface area (Å²) in [5, 5.41) is 0. The van der Waals surface area contributed by atoms with E-state index in [9.17, 15) is 4.79 Å². The Labute approximate surface area is 138 Å². The number of carbonyl (C=O) groups is 1. The zero-order valence-electron chi connectivity index (χ0n) is 11.6. The molecule has 0 saturated heterocycles. The Kier molecular flexibility index (Phi) is 5.51. The average molecular weight is 343 g/mol. The normalized spacial score (nSPS) is 10.6. The van der Waals surface area contributed by atoms with Crippen molar-refractivity contribution < 1.29 is 4.79 Å². The maximum atomic E-state index is 12.6. The number of amides is 1. The molecule has 0 atom stereocenters. The van der Waals surface area contributed by atoms with Crippen LogP contribution in [0.5, 0.6) is 0 Å². The Hall–Kier alpha value is -1.23. The molecule has 21 heavy (non-hydrogen) atoms. The lowest BCUT2D eigenvalue weighted by Crippen LogP contribution is -2.31. The highest BCUT2D eigenvalue weighted by molar-refractivity contribution is 7.20. The summed E-state index contributed by atoms with van der Waals surface area (Å²) in [6.45, 7) is 3.12. The van der Waals surface area contributed by atoms with E-state index in [2.05, 4.69) is 0 Å². The summed E-state index contributed by atoms with van der Waals surface area (Å²) in [5.74, 6) is -0.117. The zero-order valence-corrected chi connectivity index (χ0v) is 13.9. The number of halogens is 2. The number of hydrogen-bond acceptors (Lipinski definition) is 3. The fourth-order valence-corrected chi connectivity index (χ4v) is 3.51. The minimum Gasteiger partial charge on any atom is -0.398 e. The molecule has 2 rings (SSSR count). The highest BCUT2D eigenvalue weighted by Gasteiger charge is 2.21. The van der Waals surface area contributed by atoms with Gasteiger partial charge in [0.1, 0.15) is 4.34 Å². The van der Waals surface area contributed by atoms with Crippen LogP contribution in [0.1, 0.15) is 29.3 Å². The summed E-state index contributed by atoms with van der Waals surface area (Å²) >= 11 is 13.2. The summed E-state index contributed by atoms with van der Waals surface area (Å²) in [4.78, 5) is 14.4. The lowest BCUT2D eigenvalue weighted by molar-refractivity contribution is 0.0744. The van der Waals surface area contributed by atoms with Gasteiger partial charge in [0.2, 0.25) is 0 Å². The highest BCUT2D eigenvalue weighted by atomic mass is 35.5. The van der Waals surface area contributed by atoms with Gasteiger partial charge in [0.25, 0.3) is 5.91 Å². The van der Waals surface area contributed by atoms with Crippen LogP contribution in [0.15, 0.2) is 30.3 Å². The number of nitrogens with two attached hydrogens (primary N) is 1. The summed E-state index contributed by atoms with van der Waals surface area (Å²) in [7, 11) is 0. The van der Waals surface area contributed by atoms with Crippen molar-refractivity contribution in [1.29, 1.82) is 0 Å². The molecule has 0 aliphatic heterocycles. The van der Waals surface area contributed by atoms with Gasteiger partial charge >= 0.3 is 0 Å². The molecule has 0 bridgehead atoms. The van der Waals surface area contributed by atoms with Gasteiger partial charge in [-0.25, -0.2) is 0 Å². The second-order valence-corrected chi connectivity index (χ2v) is 6.95. The molecule has 0 aliphatic carbocycles. The van der Waals surface area contributed by atoms with E-state index in [1.807, 2.05) is 31.2 Å². The monoisotopic (exact) mass is 342 g/mol. The second kappa shape index (κ2) is 7.16. The van der Waals surface area contributed by atoms with E-state index in [0.29, 0.717) is 33.0 Å². The quantitative estimate of drug-likeness (QED) is 0.801. The number of rotatable bonds is 5. The number of thiophene rings is 1. The molecule has 0 unspecified atom stereocenters. The van der Waals surface area contributed by atoms with Gasteiger partial charge < -0.3 is 10.6 Å². The number of para-hydroxylation sites is 1. The van der Waals surface area contributed by atoms with E-state index in [1.54, 1.807) is 11.0 Å². The topological polar surface area (TPSA) is 46.3 Å². The molecule has 0 spiro atoms. The van der Waals surface area contributed by atoms with Gasteiger partial charge in [0.05, 0.1) is 9.90 Å². The van der Waals surface area contributed by atoms with E-state index in [1.165, 1.54) is 11.3 Å². The molecule has 1 aromatic carbocycles. The first-order valence-corrected chi connectivity index (χ1v) is 8.17. The third kappa shape index (κ3) is 3.90. The van der Waals surface area contributed by atoms with Crippen LogP contribution in [-0.4, -0.2) is 17.4 Å². The van der Waals surface area contributed by atoms with Crippen LogP contribution in [0.2, 0.25) is 8.67 Å². The molecule has 1 amide bonds. The Morgan fingerprint density at radius 2 is 2.05 bits per heavy atom.